The Morgan fingerprint density at radius 2 is 1.95 bits per heavy atom. The van der Waals surface area contributed by atoms with Crippen molar-refractivity contribution in [3.05, 3.63) is 52.0 Å². The van der Waals surface area contributed by atoms with E-state index in [0.29, 0.717) is 26.9 Å². The molecule has 0 fully saturated rings. The van der Waals surface area contributed by atoms with Gasteiger partial charge >= 0.3 is 5.97 Å². The zero-order chi connectivity index (χ0) is 14.7. The number of anilines is 1. The highest BCUT2D eigenvalue weighted by Gasteiger charge is 2.17. The Hall–Kier alpha value is -1.71. The minimum absolute atomic E-state index is 0.286. The number of halogens is 2. The molecule has 0 atom stereocenters. The van der Waals surface area contributed by atoms with E-state index >= 15 is 0 Å². The highest BCUT2D eigenvalue weighted by atomic mass is 35.5. The summed E-state index contributed by atoms with van der Waals surface area (Å²) in [5, 5.41) is 0.874. The van der Waals surface area contributed by atoms with Crippen molar-refractivity contribution in [2.24, 2.45) is 0 Å². The van der Waals surface area contributed by atoms with Crippen LogP contribution in [0.4, 0.5) is 5.69 Å². The molecule has 3 nitrogen and oxygen atoms in total. The Labute approximate surface area is 127 Å². The predicted octanol–water partition coefficient (Wildman–Crippen LogP) is 4.42. The van der Waals surface area contributed by atoms with Crippen LogP contribution in [0.5, 0.6) is 0 Å². The molecule has 0 spiro atoms. The molecule has 20 heavy (non-hydrogen) atoms. The molecule has 0 bridgehead atoms. The van der Waals surface area contributed by atoms with E-state index in [9.17, 15) is 4.79 Å². The molecule has 2 aromatic carbocycles. The number of carbonyl (C=O) groups excluding carboxylic acids is 1. The van der Waals surface area contributed by atoms with Crippen LogP contribution in [-0.2, 0) is 4.74 Å². The van der Waals surface area contributed by atoms with E-state index in [1.807, 2.05) is 0 Å². The number of benzene rings is 2. The minimum atomic E-state index is -0.452. The largest absolute Gasteiger partial charge is 0.462 e. The Balaban J connectivity index is 2.58. The van der Waals surface area contributed by atoms with Crippen molar-refractivity contribution in [1.82, 2.24) is 0 Å². The fourth-order valence-corrected chi connectivity index (χ4v) is 2.20. The van der Waals surface area contributed by atoms with Gasteiger partial charge in [0.25, 0.3) is 0 Å². The summed E-state index contributed by atoms with van der Waals surface area (Å²) in [6.07, 6.45) is 0. The number of ether oxygens (including phenoxy) is 1. The van der Waals surface area contributed by atoms with Crippen molar-refractivity contribution in [3.63, 3.8) is 0 Å². The summed E-state index contributed by atoms with van der Waals surface area (Å²) < 4.78 is 5.05. The first-order chi connectivity index (χ1) is 9.54. The third-order valence-electron chi connectivity index (χ3n) is 2.81. The monoisotopic (exact) mass is 309 g/mol. The van der Waals surface area contributed by atoms with Crippen molar-refractivity contribution >= 4 is 34.9 Å². The lowest BCUT2D eigenvalue weighted by Crippen LogP contribution is -2.09. The van der Waals surface area contributed by atoms with Gasteiger partial charge in [-0.05, 0) is 36.2 Å². The molecule has 0 saturated carbocycles. The van der Waals surface area contributed by atoms with E-state index in [1.165, 1.54) is 0 Å². The van der Waals surface area contributed by atoms with Crippen LogP contribution in [0.15, 0.2) is 36.4 Å². The van der Waals surface area contributed by atoms with Gasteiger partial charge < -0.3 is 10.5 Å². The molecule has 0 aliphatic carbocycles. The van der Waals surface area contributed by atoms with Crippen molar-refractivity contribution in [3.8, 4) is 11.1 Å². The normalized spacial score (nSPS) is 10.3. The van der Waals surface area contributed by atoms with Crippen LogP contribution in [0.25, 0.3) is 11.1 Å². The number of hydrogen-bond donors (Lipinski definition) is 1. The first kappa shape index (κ1) is 14.7. The van der Waals surface area contributed by atoms with Crippen LogP contribution < -0.4 is 5.73 Å². The van der Waals surface area contributed by atoms with E-state index in [2.05, 4.69) is 0 Å². The molecule has 0 radical (unpaired) electrons. The second-order valence-electron chi connectivity index (χ2n) is 4.12. The van der Waals surface area contributed by atoms with Crippen LogP contribution in [0.1, 0.15) is 17.3 Å². The van der Waals surface area contributed by atoms with E-state index in [-0.39, 0.29) is 6.61 Å². The summed E-state index contributed by atoms with van der Waals surface area (Å²) in [7, 11) is 0. The van der Waals surface area contributed by atoms with Gasteiger partial charge in [0.15, 0.2) is 0 Å². The summed E-state index contributed by atoms with van der Waals surface area (Å²) in [6, 6.07) is 10.4. The molecular weight excluding hydrogens is 297 g/mol. The van der Waals surface area contributed by atoms with Crippen molar-refractivity contribution in [2.75, 3.05) is 12.3 Å². The molecule has 0 unspecified atom stereocenters. The fourth-order valence-electron chi connectivity index (χ4n) is 1.91. The van der Waals surface area contributed by atoms with Crippen LogP contribution >= 0.6 is 23.2 Å². The maximum atomic E-state index is 12.1. The highest BCUT2D eigenvalue weighted by Crippen LogP contribution is 2.32. The Kier molecular flexibility index (Phi) is 4.53. The summed E-state index contributed by atoms with van der Waals surface area (Å²) in [4.78, 5) is 12.1. The molecule has 0 saturated heterocycles. The van der Waals surface area contributed by atoms with E-state index in [4.69, 9.17) is 33.7 Å². The number of carbonyl (C=O) groups is 1. The van der Waals surface area contributed by atoms with Gasteiger partial charge in [0, 0.05) is 5.69 Å². The van der Waals surface area contributed by atoms with Gasteiger partial charge in [0.2, 0.25) is 0 Å². The number of nitrogen functional groups attached to an aromatic ring is 1. The van der Waals surface area contributed by atoms with E-state index in [1.54, 1.807) is 43.3 Å². The van der Waals surface area contributed by atoms with Crippen LogP contribution in [0.3, 0.4) is 0 Å². The molecule has 0 aliphatic heterocycles. The van der Waals surface area contributed by atoms with Gasteiger partial charge in [0.05, 0.1) is 22.2 Å². The average molecular weight is 310 g/mol. The second-order valence-corrected chi connectivity index (χ2v) is 4.93. The molecule has 0 aromatic heterocycles. The topological polar surface area (TPSA) is 52.3 Å². The first-order valence-corrected chi connectivity index (χ1v) is 6.81. The predicted molar refractivity (Wildman–Crippen MR) is 82.3 cm³/mol. The molecule has 2 aromatic rings. The zero-order valence-electron chi connectivity index (χ0n) is 10.8. The van der Waals surface area contributed by atoms with E-state index in [0.717, 1.165) is 5.56 Å². The molecule has 104 valence electrons. The molecule has 2 rings (SSSR count). The minimum Gasteiger partial charge on any atom is -0.462 e. The van der Waals surface area contributed by atoms with Crippen LogP contribution in [0.2, 0.25) is 10.0 Å². The lowest BCUT2D eigenvalue weighted by atomic mass is 9.98. The van der Waals surface area contributed by atoms with Crippen molar-refractivity contribution in [2.45, 2.75) is 6.92 Å². The average Bonchev–Trinajstić information content (AvgIpc) is 2.41. The Bertz CT molecular complexity index is 656. The quantitative estimate of drug-likeness (QED) is 0.674. The summed E-state index contributed by atoms with van der Waals surface area (Å²) in [6.45, 7) is 2.03. The van der Waals surface area contributed by atoms with Gasteiger partial charge in [-0.3, -0.25) is 0 Å². The van der Waals surface area contributed by atoms with Gasteiger partial charge in [-0.25, -0.2) is 4.79 Å². The van der Waals surface area contributed by atoms with E-state index < -0.39 is 5.97 Å². The lowest BCUT2D eigenvalue weighted by molar-refractivity contribution is 0.0528. The number of esters is 1. The van der Waals surface area contributed by atoms with Gasteiger partial charge in [-0.15, -0.1) is 0 Å². The molecule has 2 N–H and O–H groups in total. The van der Waals surface area contributed by atoms with Crippen molar-refractivity contribution in [1.29, 1.82) is 0 Å². The van der Waals surface area contributed by atoms with Crippen molar-refractivity contribution < 1.29 is 9.53 Å². The molecule has 0 amide bonds. The number of rotatable bonds is 3. The van der Waals surface area contributed by atoms with Crippen LogP contribution in [-0.4, -0.2) is 12.6 Å². The Morgan fingerprint density at radius 3 is 2.60 bits per heavy atom. The third kappa shape index (κ3) is 2.89. The molecular formula is C15H13Cl2NO2. The summed E-state index contributed by atoms with van der Waals surface area (Å²) >= 11 is 11.9. The highest BCUT2D eigenvalue weighted by molar-refractivity contribution is 6.42. The second kappa shape index (κ2) is 6.16. The van der Waals surface area contributed by atoms with Gasteiger partial charge in [0.1, 0.15) is 0 Å². The fraction of sp³-hybridized carbons (Fsp3) is 0.133. The van der Waals surface area contributed by atoms with Gasteiger partial charge in [-0.2, -0.15) is 0 Å². The maximum absolute atomic E-state index is 12.1. The molecule has 5 heteroatoms. The maximum Gasteiger partial charge on any atom is 0.340 e. The number of nitrogens with two attached hydrogens (primary N) is 1. The molecule has 0 heterocycles. The summed E-state index contributed by atoms with van der Waals surface area (Å²) in [5.74, 6) is -0.452. The van der Waals surface area contributed by atoms with Crippen LogP contribution in [0, 0.1) is 0 Å². The zero-order valence-corrected chi connectivity index (χ0v) is 12.3. The standard InChI is InChI=1S/C15H13Cl2NO2/c1-2-20-15(19)14-10(4-3-5-13(14)18)9-6-7-11(16)12(17)8-9/h3-8H,2,18H2,1H3. The first-order valence-electron chi connectivity index (χ1n) is 6.05. The lowest BCUT2D eigenvalue weighted by Gasteiger charge is -2.12. The SMILES string of the molecule is CCOC(=O)c1c(N)cccc1-c1ccc(Cl)c(Cl)c1. The third-order valence-corrected chi connectivity index (χ3v) is 3.55. The van der Waals surface area contributed by atoms with Gasteiger partial charge in [-0.1, -0.05) is 41.4 Å². The smallest absolute Gasteiger partial charge is 0.340 e. The Morgan fingerprint density at radius 1 is 1.20 bits per heavy atom. The molecule has 0 aliphatic rings. The summed E-state index contributed by atoms with van der Waals surface area (Å²) in [5.41, 5.74) is 8.03. The number of hydrogen-bond acceptors (Lipinski definition) is 3.